The third kappa shape index (κ3) is 2.02. The predicted octanol–water partition coefficient (Wildman–Crippen LogP) is 1.41. The summed E-state index contributed by atoms with van der Waals surface area (Å²) in [6, 6.07) is 3.20. The maximum atomic E-state index is 11.2. The highest BCUT2D eigenvalue weighted by Gasteiger charge is 2.24. The van der Waals surface area contributed by atoms with Crippen LogP contribution in [0.4, 0.5) is 0 Å². The van der Waals surface area contributed by atoms with Gasteiger partial charge in [0.05, 0.1) is 12.7 Å². The molecule has 4 heteroatoms. The summed E-state index contributed by atoms with van der Waals surface area (Å²) in [4.78, 5) is 15.2. The molecule has 74 valence electrons. The second-order valence-corrected chi connectivity index (χ2v) is 3.19. The summed E-state index contributed by atoms with van der Waals surface area (Å²) >= 11 is 0. The Morgan fingerprint density at radius 3 is 3.00 bits per heavy atom. The number of hydrogen-bond acceptors (Lipinski definition) is 4. The van der Waals surface area contributed by atoms with Gasteiger partial charge in [-0.1, -0.05) is 0 Å². The van der Waals surface area contributed by atoms with Crippen molar-refractivity contribution in [2.24, 2.45) is 0 Å². The van der Waals surface area contributed by atoms with Crippen LogP contribution in [0.3, 0.4) is 0 Å². The van der Waals surface area contributed by atoms with Gasteiger partial charge in [0.15, 0.2) is 0 Å². The monoisotopic (exact) mass is 193 g/mol. The van der Waals surface area contributed by atoms with Crippen LogP contribution in [-0.4, -0.2) is 24.2 Å². The van der Waals surface area contributed by atoms with E-state index in [0.29, 0.717) is 11.4 Å². The number of pyridine rings is 1. The van der Waals surface area contributed by atoms with Crippen molar-refractivity contribution in [2.45, 2.75) is 18.9 Å². The minimum atomic E-state index is -0.368. The first-order chi connectivity index (χ1) is 6.79. The molecule has 4 nitrogen and oxygen atoms in total. The van der Waals surface area contributed by atoms with E-state index < -0.39 is 0 Å². The highest BCUT2D eigenvalue weighted by molar-refractivity contribution is 5.89. The van der Waals surface area contributed by atoms with Crippen molar-refractivity contribution in [3.8, 4) is 5.88 Å². The number of esters is 1. The largest absolute Gasteiger partial charge is 0.474 e. The number of hydrogen-bond donors (Lipinski definition) is 0. The minimum Gasteiger partial charge on any atom is -0.474 e. The van der Waals surface area contributed by atoms with E-state index in [-0.39, 0.29) is 12.1 Å². The zero-order chi connectivity index (χ0) is 9.97. The van der Waals surface area contributed by atoms with Gasteiger partial charge >= 0.3 is 5.97 Å². The topological polar surface area (TPSA) is 48.4 Å². The summed E-state index contributed by atoms with van der Waals surface area (Å²) in [5, 5.41) is 0. The standard InChI is InChI=1S/C10H11NO3/c1-13-10(12)7-4-5-11-9(6-7)14-8-2-3-8/h4-6,8H,2-3H2,1H3. The van der Waals surface area contributed by atoms with E-state index in [1.807, 2.05) is 0 Å². The van der Waals surface area contributed by atoms with Crippen molar-refractivity contribution < 1.29 is 14.3 Å². The molecule has 2 rings (SSSR count). The van der Waals surface area contributed by atoms with Crippen molar-refractivity contribution in [1.82, 2.24) is 4.98 Å². The van der Waals surface area contributed by atoms with Crippen LogP contribution in [0, 0.1) is 0 Å². The molecular weight excluding hydrogens is 182 g/mol. The molecule has 1 aromatic rings. The van der Waals surface area contributed by atoms with Crippen molar-refractivity contribution in [2.75, 3.05) is 7.11 Å². The summed E-state index contributed by atoms with van der Waals surface area (Å²) in [7, 11) is 1.35. The Kier molecular flexibility index (Phi) is 2.35. The average molecular weight is 193 g/mol. The molecule has 0 aliphatic heterocycles. The fourth-order valence-corrected chi connectivity index (χ4v) is 1.08. The van der Waals surface area contributed by atoms with Gasteiger partial charge in [0, 0.05) is 12.3 Å². The third-order valence-corrected chi connectivity index (χ3v) is 1.97. The lowest BCUT2D eigenvalue weighted by Gasteiger charge is -2.04. The molecule has 1 heterocycles. The van der Waals surface area contributed by atoms with Crippen LogP contribution in [0.5, 0.6) is 5.88 Å². The third-order valence-electron chi connectivity index (χ3n) is 1.97. The number of nitrogens with zero attached hydrogens (tertiary/aromatic N) is 1. The molecule has 0 saturated heterocycles. The number of carbonyl (C=O) groups excluding carboxylic acids is 1. The maximum absolute atomic E-state index is 11.2. The van der Waals surface area contributed by atoms with Crippen molar-refractivity contribution >= 4 is 5.97 Å². The molecule has 0 aromatic carbocycles. The van der Waals surface area contributed by atoms with E-state index in [9.17, 15) is 4.79 Å². The highest BCUT2D eigenvalue weighted by Crippen LogP contribution is 2.25. The van der Waals surface area contributed by atoms with Crippen molar-refractivity contribution in [3.05, 3.63) is 23.9 Å². The normalized spacial score (nSPS) is 14.9. The van der Waals surface area contributed by atoms with E-state index >= 15 is 0 Å². The van der Waals surface area contributed by atoms with Gasteiger partial charge in [0.1, 0.15) is 6.10 Å². The van der Waals surface area contributed by atoms with Gasteiger partial charge in [0.25, 0.3) is 0 Å². The molecular formula is C10H11NO3. The first kappa shape index (κ1) is 8.99. The van der Waals surface area contributed by atoms with Crippen molar-refractivity contribution in [3.63, 3.8) is 0 Å². The first-order valence-corrected chi connectivity index (χ1v) is 4.50. The summed E-state index contributed by atoms with van der Waals surface area (Å²) in [6.45, 7) is 0. The number of methoxy groups -OCH3 is 1. The van der Waals surface area contributed by atoms with Crippen LogP contribution in [0.1, 0.15) is 23.2 Å². The van der Waals surface area contributed by atoms with Crippen LogP contribution >= 0.6 is 0 Å². The molecule has 0 bridgehead atoms. The Bertz CT molecular complexity index is 347. The van der Waals surface area contributed by atoms with Gasteiger partial charge in [0.2, 0.25) is 5.88 Å². The molecule has 1 aliphatic carbocycles. The van der Waals surface area contributed by atoms with Gasteiger partial charge in [-0.2, -0.15) is 0 Å². The number of carbonyl (C=O) groups is 1. The lowest BCUT2D eigenvalue weighted by Crippen LogP contribution is -2.03. The maximum Gasteiger partial charge on any atom is 0.338 e. The fourth-order valence-electron chi connectivity index (χ4n) is 1.08. The summed E-state index contributed by atoms with van der Waals surface area (Å²) in [6.07, 6.45) is 3.98. The molecule has 0 amide bonds. The van der Waals surface area contributed by atoms with Crippen LogP contribution in [0.25, 0.3) is 0 Å². The molecule has 14 heavy (non-hydrogen) atoms. The molecule has 0 unspecified atom stereocenters. The van der Waals surface area contributed by atoms with E-state index in [1.54, 1.807) is 18.3 Å². The quantitative estimate of drug-likeness (QED) is 0.681. The minimum absolute atomic E-state index is 0.287. The van der Waals surface area contributed by atoms with E-state index in [4.69, 9.17) is 4.74 Å². The summed E-state index contributed by atoms with van der Waals surface area (Å²) in [5.74, 6) is 0.128. The molecule has 0 spiro atoms. The van der Waals surface area contributed by atoms with Crippen LogP contribution in [-0.2, 0) is 4.74 Å². The number of aromatic nitrogens is 1. The Balaban J connectivity index is 2.12. The van der Waals surface area contributed by atoms with Crippen LogP contribution in [0.2, 0.25) is 0 Å². The highest BCUT2D eigenvalue weighted by atomic mass is 16.5. The number of ether oxygens (including phenoxy) is 2. The molecule has 0 radical (unpaired) electrons. The molecule has 1 fully saturated rings. The average Bonchev–Trinajstić information content (AvgIpc) is 3.01. The molecule has 0 N–H and O–H groups in total. The Labute approximate surface area is 81.9 Å². The van der Waals surface area contributed by atoms with Gasteiger partial charge in [-0.25, -0.2) is 9.78 Å². The molecule has 1 aromatic heterocycles. The summed E-state index contributed by atoms with van der Waals surface area (Å²) < 4.78 is 10.0. The Hall–Kier alpha value is -1.58. The lowest BCUT2D eigenvalue weighted by atomic mass is 10.3. The number of rotatable bonds is 3. The van der Waals surface area contributed by atoms with Gasteiger partial charge in [-0.3, -0.25) is 0 Å². The van der Waals surface area contributed by atoms with Gasteiger partial charge in [-0.15, -0.1) is 0 Å². The molecule has 1 saturated carbocycles. The fraction of sp³-hybridized carbons (Fsp3) is 0.400. The zero-order valence-corrected chi connectivity index (χ0v) is 7.90. The lowest BCUT2D eigenvalue weighted by molar-refractivity contribution is 0.0600. The van der Waals surface area contributed by atoms with Gasteiger partial charge in [-0.05, 0) is 18.9 Å². The van der Waals surface area contributed by atoms with E-state index in [0.717, 1.165) is 12.8 Å². The van der Waals surface area contributed by atoms with Crippen LogP contribution in [0.15, 0.2) is 18.3 Å². The molecule has 0 atom stereocenters. The Morgan fingerprint density at radius 2 is 2.36 bits per heavy atom. The first-order valence-electron chi connectivity index (χ1n) is 4.50. The predicted molar refractivity (Wildman–Crippen MR) is 49.2 cm³/mol. The van der Waals surface area contributed by atoms with E-state index in [2.05, 4.69) is 9.72 Å². The van der Waals surface area contributed by atoms with Crippen LogP contribution < -0.4 is 4.74 Å². The summed E-state index contributed by atoms with van der Waals surface area (Å²) in [5.41, 5.74) is 0.471. The van der Waals surface area contributed by atoms with Crippen molar-refractivity contribution in [1.29, 1.82) is 0 Å². The van der Waals surface area contributed by atoms with E-state index in [1.165, 1.54) is 7.11 Å². The second kappa shape index (κ2) is 3.65. The zero-order valence-electron chi connectivity index (χ0n) is 7.90. The molecule has 1 aliphatic rings. The van der Waals surface area contributed by atoms with Gasteiger partial charge < -0.3 is 9.47 Å². The smallest absolute Gasteiger partial charge is 0.338 e. The SMILES string of the molecule is COC(=O)c1ccnc(OC2CC2)c1. The Morgan fingerprint density at radius 1 is 1.57 bits per heavy atom. The second-order valence-electron chi connectivity index (χ2n) is 3.19.